The summed E-state index contributed by atoms with van der Waals surface area (Å²) in [4.78, 5) is 10.8. The Labute approximate surface area is 73.1 Å². The predicted molar refractivity (Wildman–Crippen MR) is 48.1 cm³/mol. The van der Waals surface area contributed by atoms with Gasteiger partial charge in [0, 0.05) is 13.6 Å². The van der Waals surface area contributed by atoms with Crippen LogP contribution in [0.25, 0.3) is 0 Å². The zero-order valence-corrected chi connectivity index (χ0v) is 7.52. The van der Waals surface area contributed by atoms with Gasteiger partial charge in [-0.05, 0) is 31.8 Å². The molecule has 70 valence electrons. The minimum Gasteiger partial charge on any atom is -0.341 e. The molecule has 0 aromatic rings. The lowest BCUT2D eigenvalue weighted by Crippen LogP contribution is -2.41. The number of carbonyl (C=O) groups is 1. The summed E-state index contributed by atoms with van der Waals surface area (Å²) < 4.78 is 0. The Bertz CT molecular complexity index is 143. The van der Waals surface area contributed by atoms with E-state index < -0.39 is 0 Å². The molecule has 12 heavy (non-hydrogen) atoms. The van der Waals surface area contributed by atoms with E-state index in [-0.39, 0.29) is 6.03 Å². The van der Waals surface area contributed by atoms with Gasteiger partial charge in [-0.3, -0.25) is 0 Å². The van der Waals surface area contributed by atoms with Gasteiger partial charge >= 0.3 is 6.03 Å². The number of hydrogen-bond acceptors (Lipinski definition) is 2. The summed E-state index contributed by atoms with van der Waals surface area (Å²) in [5.74, 6) is 0.607. The molecule has 1 aliphatic rings. The van der Waals surface area contributed by atoms with E-state index in [0.29, 0.717) is 5.92 Å². The summed E-state index contributed by atoms with van der Waals surface area (Å²) in [6, 6.07) is -0.0828. The van der Waals surface area contributed by atoms with E-state index >= 15 is 0 Å². The fourth-order valence-corrected chi connectivity index (χ4v) is 1.42. The number of amides is 2. The first-order valence-electron chi connectivity index (χ1n) is 4.49. The quantitative estimate of drug-likeness (QED) is 0.544. The highest BCUT2D eigenvalue weighted by atomic mass is 16.2. The number of rotatable bonds is 2. The lowest BCUT2D eigenvalue weighted by atomic mass is 10.00. The lowest BCUT2D eigenvalue weighted by Gasteiger charge is -2.22. The van der Waals surface area contributed by atoms with Crippen LogP contribution in [0.5, 0.6) is 0 Å². The molecule has 0 bridgehead atoms. The van der Waals surface area contributed by atoms with E-state index in [9.17, 15) is 4.79 Å². The molecule has 1 heterocycles. The average Bonchev–Trinajstić information content (AvgIpc) is 2.16. The molecule has 4 heteroatoms. The summed E-state index contributed by atoms with van der Waals surface area (Å²) in [7, 11) is 1.63. The topological polar surface area (TPSA) is 53.2 Å². The SMILES string of the molecule is CNC(=O)NC[C@@H]1CCCNC1. The standard InChI is InChI=1S/C8H17N3O/c1-9-8(12)11-6-7-3-2-4-10-5-7/h7,10H,2-6H2,1H3,(H2,9,11,12)/t7-/m1/s1. The van der Waals surface area contributed by atoms with E-state index in [1.54, 1.807) is 7.05 Å². The predicted octanol–water partition coefficient (Wildman–Crippen LogP) is -0.0850. The molecule has 2 amide bonds. The highest BCUT2D eigenvalue weighted by Crippen LogP contribution is 2.07. The van der Waals surface area contributed by atoms with Crippen LogP contribution in [0, 0.1) is 5.92 Å². The zero-order chi connectivity index (χ0) is 8.81. The molecule has 1 saturated heterocycles. The molecular weight excluding hydrogens is 154 g/mol. The van der Waals surface area contributed by atoms with Crippen molar-refractivity contribution < 1.29 is 4.79 Å². The maximum atomic E-state index is 10.8. The molecule has 0 unspecified atom stereocenters. The summed E-state index contributed by atoms with van der Waals surface area (Å²) in [6.45, 7) is 2.94. The third kappa shape index (κ3) is 3.09. The van der Waals surface area contributed by atoms with Crippen LogP contribution in [0.2, 0.25) is 0 Å². The summed E-state index contributed by atoms with van der Waals surface area (Å²) >= 11 is 0. The van der Waals surface area contributed by atoms with Crippen LogP contribution in [0.15, 0.2) is 0 Å². The van der Waals surface area contributed by atoms with Crippen molar-refractivity contribution in [3.8, 4) is 0 Å². The molecule has 4 nitrogen and oxygen atoms in total. The van der Waals surface area contributed by atoms with Crippen molar-refractivity contribution >= 4 is 6.03 Å². The van der Waals surface area contributed by atoms with Crippen molar-refractivity contribution in [1.82, 2.24) is 16.0 Å². The van der Waals surface area contributed by atoms with Gasteiger partial charge in [0.15, 0.2) is 0 Å². The first-order valence-corrected chi connectivity index (χ1v) is 4.49. The van der Waals surface area contributed by atoms with Crippen LogP contribution in [0.1, 0.15) is 12.8 Å². The second kappa shape index (κ2) is 4.98. The minimum atomic E-state index is -0.0828. The van der Waals surface area contributed by atoms with E-state index in [1.165, 1.54) is 12.8 Å². The Morgan fingerprint density at radius 3 is 3.08 bits per heavy atom. The van der Waals surface area contributed by atoms with Crippen molar-refractivity contribution in [2.24, 2.45) is 5.92 Å². The largest absolute Gasteiger partial charge is 0.341 e. The van der Waals surface area contributed by atoms with E-state index in [4.69, 9.17) is 0 Å². The molecule has 3 N–H and O–H groups in total. The number of hydrogen-bond donors (Lipinski definition) is 3. The Kier molecular flexibility index (Phi) is 3.87. The average molecular weight is 171 g/mol. The monoisotopic (exact) mass is 171 g/mol. The number of urea groups is 1. The second-order valence-electron chi connectivity index (χ2n) is 3.17. The van der Waals surface area contributed by atoms with Gasteiger partial charge in [-0.15, -0.1) is 0 Å². The Hall–Kier alpha value is -0.770. The van der Waals surface area contributed by atoms with Gasteiger partial charge in [0.2, 0.25) is 0 Å². The van der Waals surface area contributed by atoms with Crippen LogP contribution in [-0.4, -0.2) is 32.7 Å². The van der Waals surface area contributed by atoms with Crippen LogP contribution in [0.3, 0.4) is 0 Å². The van der Waals surface area contributed by atoms with Crippen molar-refractivity contribution in [3.05, 3.63) is 0 Å². The minimum absolute atomic E-state index is 0.0828. The summed E-state index contributed by atoms with van der Waals surface area (Å²) in [6.07, 6.45) is 2.44. The normalized spacial score (nSPS) is 23.2. The van der Waals surface area contributed by atoms with Gasteiger partial charge in [0.1, 0.15) is 0 Å². The van der Waals surface area contributed by atoms with Gasteiger partial charge in [-0.25, -0.2) is 4.79 Å². The molecule has 0 saturated carbocycles. The van der Waals surface area contributed by atoms with Crippen LogP contribution >= 0.6 is 0 Å². The van der Waals surface area contributed by atoms with Gasteiger partial charge in [-0.1, -0.05) is 0 Å². The van der Waals surface area contributed by atoms with Crippen LogP contribution in [0.4, 0.5) is 4.79 Å². The van der Waals surface area contributed by atoms with Gasteiger partial charge < -0.3 is 16.0 Å². The third-order valence-electron chi connectivity index (χ3n) is 2.18. The fraction of sp³-hybridized carbons (Fsp3) is 0.875. The van der Waals surface area contributed by atoms with Crippen molar-refractivity contribution in [3.63, 3.8) is 0 Å². The Balaban J connectivity index is 2.09. The van der Waals surface area contributed by atoms with E-state index in [2.05, 4.69) is 16.0 Å². The maximum absolute atomic E-state index is 10.8. The molecule has 0 aromatic heterocycles. The number of nitrogens with one attached hydrogen (secondary N) is 3. The van der Waals surface area contributed by atoms with Gasteiger partial charge in [0.05, 0.1) is 0 Å². The summed E-state index contributed by atoms with van der Waals surface area (Å²) in [5.41, 5.74) is 0. The van der Waals surface area contributed by atoms with Crippen molar-refractivity contribution in [1.29, 1.82) is 0 Å². The molecule has 0 radical (unpaired) electrons. The third-order valence-corrected chi connectivity index (χ3v) is 2.18. The molecule has 1 atom stereocenters. The highest BCUT2D eigenvalue weighted by molar-refractivity contribution is 5.73. The highest BCUT2D eigenvalue weighted by Gasteiger charge is 2.12. The number of carbonyl (C=O) groups excluding carboxylic acids is 1. The van der Waals surface area contributed by atoms with E-state index in [0.717, 1.165) is 19.6 Å². The molecule has 0 spiro atoms. The van der Waals surface area contributed by atoms with Crippen LogP contribution < -0.4 is 16.0 Å². The zero-order valence-electron chi connectivity index (χ0n) is 7.52. The molecular formula is C8H17N3O. The van der Waals surface area contributed by atoms with E-state index in [1.807, 2.05) is 0 Å². The molecule has 1 aliphatic heterocycles. The second-order valence-corrected chi connectivity index (χ2v) is 3.17. The molecule has 0 aromatic carbocycles. The maximum Gasteiger partial charge on any atom is 0.314 e. The first kappa shape index (κ1) is 9.32. The van der Waals surface area contributed by atoms with Crippen LogP contribution in [-0.2, 0) is 0 Å². The molecule has 0 aliphatic carbocycles. The first-order chi connectivity index (χ1) is 5.83. The smallest absolute Gasteiger partial charge is 0.314 e. The van der Waals surface area contributed by atoms with Crippen molar-refractivity contribution in [2.75, 3.05) is 26.7 Å². The molecule has 1 fully saturated rings. The lowest BCUT2D eigenvalue weighted by molar-refractivity contribution is 0.239. The molecule has 1 rings (SSSR count). The Morgan fingerprint density at radius 1 is 1.67 bits per heavy atom. The van der Waals surface area contributed by atoms with Crippen molar-refractivity contribution in [2.45, 2.75) is 12.8 Å². The number of piperidine rings is 1. The summed E-state index contributed by atoms with van der Waals surface area (Å²) in [5, 5.41) is 8.65. The Morgan fingerprint density at radius 2 is 2.50 bits per heavy atom. The van der Waals surface area contributed by atoms with Gasteiger partial charge in [0.25, 0.3) is 0 Å². The fourth-order valence-electron chi connectivity index (χ4n) is 1.42. The van der Waals surface area contributed by atoms with Gasteiger partial charge in [-0.2, -0.15) is 0 Å².